The lowest BCUT2D eigenvalue weighted by Crippen LogP contribution is -2.16. The van der Waals surface area contributed by atoms with E-state index in [4.69, 9.17) is 9.15 Å². The normalized spacial score (nSPS) is 11.1. The van der Waals surface area contributed by atoms with Gasteiger partial charge in [-0.25, -0.2) is 9.59 Å². The van der Waals surface area contributed by atoms with E-state index in [0.717, 1.165) is 22.1 Å². The lowest BCUT2D eigenvalue weighted by Gasteiger charge is -2.09. The number of esters is 1. The van der Waals surface area contributed by atoms with Crippen molar-refractivity contribution in [3.63, 3.8) is 0 Å². The molecule has 0 fully saturated rings. The first-order chi connectivity index (χ1) is 13.5. The van der Waals surface area contributed by atoms with Crippen LogP contribution in [0.15, 0.2) is 44.2 Å². The van der Waals surface area contributed by atoms with Gasteiger partial charge in [0.15, 0.2) is 6.54 Å². The van der Waals surface area contributed by atoms with Crippen molar-refractivity contribution in [3.05, 3.63) is 62.1 Å². The van der Waals surface area contributed by atoms with E-state index in [2.05, 4.69) is 15.4 Å². The van der Waals surface area contributed by atoms with E-state index in [1.54, 1.807) is 0 Å². The van der Waals surface area contributed by atoms with Gasteiger partial charge in [0, 0.05) is 28.0 Å². The van der Waals surface area contributed by atoms with Gasteiger partial charge < -0.3 is 9.15 Å². The Morgan fingerprint density at radius 1 is 1.25 bits per heavy atom. The number of aromatic nitrogens is 4. The van der Waals surface area contributed by atoms with Gasteiger partial charge in [-0.2, -0.15) is 16.1 Å². The fourth-order valence-corrected chi connectivity index (χ4v) is 3.37. The molecule has 28 heavy (non-hydrogen) atoms. The van der Waals surface area contributed by atoms with Crippen molar-refractivity contribution in [1.29, 1.82) is 0 Å². The molecule has 0 aliphatic heterocycles. The minimum Gasteiger partial charge on any atom is -0.459 e. The van der Waals surface area contributed by atoms with E-state index in [1.165, 1.54) is 22.2 Å². The number of thiophene rings is 1. The Kier molecular flexibility index (Phi) is 4.74. The van der Waals surface area contributed by atoms with Crippen LogP contribution in [0.5, 0.6) is 0 Å². The number of hydrogen-bond donors (Lipinski definition) is 0. The number of aryl methyl sites for hydroxylation is 2. The predicted molar refractivity (Wildman–Crippen MR) is 103 cm³/mol. The zero-order chi connectivity index (χ0) is 19.7. The lowest BCUT2D eigenvalue weighted by molar-refractivity contribution is -0.146. The highest BCUT2D eigenvalue weighted by Crippen LogP contribution is 2.22. The van der Waals surface area contributed by atoms with Crippen molar-refractivity contribution in [2.24, 2.45) is 0 Å². The summed E-state index contributed by atoms with van der Waals surface area (Å²) in [5, 5.41) is 16.5. The van der Waals surface area contributed by atoms with Crippen molar-refractivity contribution in [2.45, 2.75) is 27.0 Å². The van der Waals surface area contributed by atoms with Crippen LogP contribution < -0.4 is 5.63 Å². The van der Waals surface area contributed by atoms with Crippen LogP contribution in [0.4, 0.5) is 0 Å². The quantitative estimate of drug-likeness (QED) is 0.378. The van der Waals surface area contributed by atoms with E-state index in [-0.39, 0.29) is 13.2 Å². The first-order valence-corrected chi connectivity index (χ1v) is 9.44. The van der Waals surface area contributed by atoms with E-state index >= 15 is 0 Å². The Morgan fingerprint density at radius 2 is 2.07 bits per heavy atom. The molecule has 0 N–H and O–H groups in total. The fourth-order valence-electron chi connectivity index (χ4n) is 2.74. The van der Waals surface area contributed by atoms with Crippen molar-refractivity contribution in [1.82, 2.24) is 20.2 Å². The van der Waals surface area contributed by atoms with Gasteiger partial charge in [0.05, 0.1) is 0 Å². The topological polar surface area (TPSA) is 100 Å². The minimum absolute atomic E-state index is 0.0461. The maximum Gasteiger partial charge on any atom is 0.336 e. The Bertz CT molecular complexity index is 1210. The molecule has 8 nitrogen and oxygen atoms in total. The molecule has 0 unspecified atom stereocenters. The van der Waals surface area contributed by atoms with Gasteiger partial charge in [-0.15, -0.1) is 10.2 Å². The van der Waals surface area contributed by atoms with Crippen LogP contribution in [0.3, 0.4) is 0 Å². The summed E-state index contributed by atoms with van der Waals surface area (Å²) in [7, 11) is 0. The number of nitrogens with zero attached hydrogens (tertiary/aromatic N) is 4. The second-order valence-electron chi connectivity index (χ2n) is 6.34. The van der Waals surface area contributed by atoms with E-state index in [9.17, 15) is 9.59 Å². The number of rotatable bonds is 5. The third-order valence-electron chi connectivity index (χ3n) is 4.34. The summed E-state index contributed by atoms with van der Waals surface area (Å²) < 4.78 is 10.6. The first-order valence-electron chi connectivity index (χ1n) is 8.49. The van der Waals surface area contributed by atoms with E-state index in [1.807, 2.05) is 42.8 Å². The highest BCUT2D eigenvalue weighted by Gasteiger charge is 2.13. The Hall–Kier alpha value is -3.33. The second kappa shape index (κ2) is 7.35. The summed E-state index contributed by atoms with van der Waals surface area (Å²) in [6.45, 7) is 3.69. The monoisotopic (exact) mass is 396 g/mol. The Morgan fingerprint density at radius 3 is 2.86 bits per heavy atom. The number of fused-ring (bicyclic) bond motifs is 1. The van der Waals surface area contributed by atoms with Crippen LogP contribution >= 0.6 is 11.3 Å². The molecule has 0 atom stereocenters. The summed E-state index contributed by atoms with van der Waals surface area (Å²) in [5.74, 6) is -0.0777. The summed E-state index contributed by atoms with van der Waals surface area (Å²) in [6, 6.07) is 6.94. The lowest BCUT2D eigenvalue weighted by atomic mass is 10.0. The first kappa shape index (κ1) is 18.1. The maximum atomic E-state index is 12.2. The summed E-state index contributed by atoms with van der Waals surface area (Å²) in [5.41, 5.74) is 3.50. The Labute approximate surface area is 163 Å². The molecular formula is C19H16N4O4S. The minimum atomic E-state index is -0.528. The molecule has 3 aromatic heterocycles. The number of benzene rings is 1. The molecule has 4 aromatic rings. The molecule has 0 amide bonds. The molecule has 0 aliphatic rings. The molecule has 0 radical (unpaired) electrons. The zero-order valence-corrected chi connectivity index (χ0v) is 16.0. The van der Waals surface area contributed by atoms with Gasteiger partial charge in [0.2, 0.25) is 5.82 Å². The van der Waals surface area contributed by atoms with Gasteiger partial charge in [0.25, 0.3) is 0 Å². The molecule has 4 rings (SSSR count). The Balaban J connectivity index is 1.48. The number of ether oxygens (including phenoxy) is 1. The van der Waals surface area contributed by atoms with Crippen LogP contribution in [0.2, 0.25) is 0 Å². The molecular weight excluding hydrogens is 380 g/mol. The zero-order valence-electron chi connectivity index (χ0n) is 15.2. The fraction of sp³-hybridized carbons (Fsp3) is 0.211. The molecule has 142 valence electrons. The van der Waals surface area contributed by atoms with E-state index < -0.39 is 11.6 Å². The summed E-state index contributed by atoms with van der Waals surface area (Å²) in [4.78, 5) is 25.2. The van der Waals surface area contributed by atoms with Gasteiger partial charge >= 0.3 is 11.6 Å². The van der Waals surface area contributed by atoms with Crippen LogP contribution in [0.25, 0.3) is 22.4 Å². The molecule has 0 saturated heterocycles. The molecule has 9 heteroatoms. The molecule has 0 saturated carbocycles. The van der Waals surface area contributed by atoms with Crippen LogP contribution in [-0.4, -0.2) is 26.2 Å². The van der Waals surface area contributed by atoms with Gasteiger partial charge in [0.1, 0.15) is 12.2 Å². The third kappa shape index (κ3) is 3.70. The average molecular weight is 396 g/mol. The summed E-state index contributed by atoms with van der Waals surface area (Å²) in [6.07, 6.45) is 0. The highest BCUT2D eigenvalue weighted by molar-refractivity contribution is 7.08. The van der Waals surface area contributed by atoms with Crippen LogP contribution in [0, 0.1) is 13.8 Å². The van der Waals surface area contributed by atoms with Gasteiger partial charge in [-0.1, -0.05) is 0 Å². The maximum absolute atomic E-state index is 12.2. The van der Waals surface area contributed by atoms with Gasteiger partial charge in [-0.05, 0) is 53.8 Å². The number of carbonyl (C=O) groups excluding carboxylic acids is 1. The molecule has 0 aliphatic carbocycles. The largest absolute Gasteiger partial charge is 0.459 e. The predicted octanol–water partition coefficient (Wildman–Crippen LogP) is 2.87. The molecule has 0 bridgehead atoms. The van der Waals surface area contributed by atoms with Crippen molar-refractivity contribution < 1.29 is 13.9 Å². The molecule has 1 aromatic carbocycles. The number of hydrogen-bond acceptors (Lipinski definition) is 8. The smallest absolute Gasteiger partial charge is 0.336 e. The standard InChI is InChI=1S/C19H16N4O4S/c1-11-5-15-14(7-17(24)27-16(15)6-12(11)2)9-26-18(25)8-23-21-19(20-22-23)13-3-4-28-10-13/h3-7,10H,8-9H2,1-2H3. The van der Waals surface area contributed by atoms with Crippen molar-refractivity contribution >= 4 is 28.3 Å². The molecule has 0 spiro atoms. The average Bonchev–Trinajstić information content (AvgIpc) is 3.32. The summed E-state index contributed by atoms with van der Waals surface area (Å²) >= 11 is 1.53. The third-order valence-corrected chi connectivity index (χ3v) is 5.02. The van der Waals surface area contributed by atoms with Crippen LogP contribution in [0.1, 0.15) is 16.7 Å². The van der Waals surface area contributed by atoms with E-state index in [0.29, 0.717) is 17.0 Å². The van der Waals surface area contributed by atoms with Crippen molar-refractivity contribution in [3.8, 4) is 11.4 Å². The highest BCUT2D eigenvalue weighted by atomic mass is 32.1. The van der Waals surface area contributed by atoms with Crippen LogP contribution in [-0.2, 0) is 22.7 Å². The number of tetrazole rings is 1. The second-order valence-corrected chi connectivity index (χ2v) is 7.12. The number of carbonyl (C=O) groups is 1. The SMILES string of the molecule is Cc1cc2oc(=O)cc(COC(=O)Cn3nnc(-c4ccsc4)n3)c2cc1C. The van der Waals surface area contributed by atoms with Crippen molar-refractivity contribution in [2.75, 3.05) is 0 Å². The molecule has 3 heterocycles. The van der Waals surface area contributed by atoms with Gasteiger partial charge in [-0.3, -0.25) is 0 Å².